The summed E-state index contributed by atoms with van der Waals surface area (Å²) >= 11 is 1.65. The quantitative estimate of drug-likeness (QED) is 0.606. The second-order valence-corrected chi connectivity index (χ2v) is 7.50. The lowest BCUT2D eigenvalue weighted by atomic mass is 10.0. The second-order valence-electron chi connectivity index (χ2n) is 6.52. The van der Waals surface area contributed by atoms with Crippen LogP contribution < -0.4 is 10.6 Å². The highest BCUT2D eigenvalue weighted by atomic mass is 32.1. The Kier molecular flexibility index (Phi) is 6.08. The molecule has 0 aliphatic carbocycles. The van der Waals surface area contributed by atoms with Crippen LogP contribution in [-0.4, -0.2) is 12.5 Å². The largest absolute Gasteiger partial charge is 0.376 e. The number of amides is 1. The minimum absolute atomic E-state index is 0.0224. The number of hydrogen-bond donors (Lipinski definition) is 2. The Bertz CT molecular complexity index is 828. The molecule has 3 rings (SSSR count). The highest BCUT2D eigenvalue weighted by Crippen LogP contribution is 2.26. The molecule has 1 amide bonds. The van der Waals surface area contributed by atoms with Gasteiger partial charge < -0.3 is 10.6 Å². The van der Waals surface area contributed by atoms with Gasteiger partial charge in [0.25, 0.3) is 0 Å². The summed E-state index contributed by atoms with van der Waals surface area (Å²) in [5.41, 5.74) is 3.33. The molecule has 2 N–H and O–H groups in total. The number of nitrogens with one attached hydrogen (secondary N) is 2. The number of rotatable bonds is 7. The van der Waals surface area contributed by atoms with Crippen molar-refractivity contribution in [3.63, 3.8) is 0 Å². The molecule has 0 radical (unpaired) electrons. The molecule has 1 aromatic heterocycles. The number of carbonyl (C=O) groups excluding carboxylic acids is 1. The lowest BCUT2D eigenvalue weighted by Gasteiger charge is -2.19. The normalized spacial score (nSPS) is 12.0. The number of para-hydroxylation sites is 1. The van der Waals surface area contributed by atoms with Crippen molar-refractivity contribution in [1.29, 1.82) is 0 Å². The van der Waals surface area contributed by atoms with Gasteiger partial charge in [-0.1, -0.05) is 68.4 Å². The van der Waals surface area contributed by atoms with Crippen LogP contribution >= 0.6 is 11.3 Å². The van der Waals surface area contributed by atoms with Gasteiger partial charge in [0.15, 0.2) is 0 Å². The lowest BCUT2D eigenvalue weighted by Crippen LogP contribution is -2.33. The molecule has 0 bridgehead atoms. The van der Waals surface area contributed by atoms with Crippen LogP contribution in [0.5, 0.6) is 0 Å². The molecule has 3 nitrogen and oxygen atoms in total. The summed E-state index contributed by atoms with van der Waals surface area (Å²) < 4.78 is 0. The van der Waals surface area contributed by atoms with Crippen LogP contribution in [0.25, 0.3) is 0 Å². The van der Waals surface area contributed by atoms with Gasteiger partial charge in [-0.3, -0.25) is 4.79 Å². The average molecular weight is 365 g/mol. The van der Waals surface area contributed by atoms with E-state index >= 15 is 0 Å². The smallest absolute Gasteiger partial charge is 0.240 e. The molecule has 0 unspecified atom stereocenters. The van der Waals surface area contributed by atoms with Crippen LogP contribution in [0.1, 0.15) is 41.8 Å². The summed E-state index contributed by atoms with van der Waals surface area (Å²) in [6.45, 7) is 4.56. The fourth-order valence-corrected chi connectivity index (χ4v) is 3.77. The number of carbonyl (C=O) groups is 1. The first-order valence-electron chi connectivity index (χ1n) is 8.85. The summed E-state index contributed by atoms with van der Waals surface area (Å²) in [5, 5.41) is 8.49. The van der Waals surface area contributed by atoms with Crippen LogP contribution in [0.4, 0.5) is 5.69 Å². The molecule has 26 heavy (non-hydrogen) atoms. The zero-order valence-electron chi connectivity index (χ0n) is 15.1. The van der Waals surface area contributed by atoms with E-state index in [-0.39, 0.29) is 18.5 Å². The molecular weight excluding hydrogens is 340 g/mol. The summed E-state index contributed by atoms with van der Waals surface area (Å²) in [6.07, 6.45) is 0. The van der Waals surface area contributed by atoms with E-state index in [1.807, 2.05) is 60.0 Å². The van der Waals surface area contributed by atoms with Gasteiger partial charge in [0.2, 0.25) is 5.91 Å². The van der Waals surface area contributed by atoms with Crippen molar-refractivity contribution in [2.24, 2.45) is 0 Å². The van der Waals surface area contributed by atoms with Crippen molar-refractivity contribution in [3.8, 4) is 0 Å². The van der Waals surface area contributed by atoms with Crippen molar-refractivity contribution in [3.05, 3.63) is 88.1 Å². The fourth-order valence-electron chi connectivity index (χ4n) is 2.97. The molecule has 0 aliphatic rings. The Morgan fingerprint density at radius 2 is 1.69 bits per heavy atom. The predicted octanol–water partition coefficient (Wildman–Crippen LogP) is 5.19. The number of anilines is 1. The zero-order valence-corrected chi connectivity index (χ0v) is 15.9. The second kappa shape index (κ2) is 8.68. The summed E-state index contributed by atoms with van der Waals surface area (Å²) in [6, 6.07) is 22.2. The van der Waals surface area contributed by atoms with Gasteiger partial charge in [-0.25, -0.2) is 0 Å². The minimum Gasteiger partial charge on any atom is -0.376 e. The summed E-state index contributed by atoms with van der Waals surface area (Å²) in [4.78, 5) is 13.7. The van der Waals surface area contributed by atoms with Crippen molar-refractivity contribution in [2.45, 2.75) is 25.8 Å². The van der Waals surface area contributed by atoms with Gasteiger partial charge in [-0.2, -0.15) is 0 Å². The van der Waals surface area contributed by atoms with E-state index in [1.54, 1.807) is 11.3 Å². The standard InChI is InChI=1S/C22H24N2OS/c1-16(2)18-11-6-7-12-19(18)23-15-21(25)24-22(20-13-8-14-26-20)17-9-4-3-5-10-17/h3-14,16,22-23H,15H2,1-2H3,(H,24,25)/t22-/m0/s1. The SMILES string of the molecule is CC(C)c1ccccc1NCC(=O)N[C@@H](c1ccccc1)c1cccs1. The van der Waals surface area contributed by atoms with Gasteiger partial charge in [0.1, 0.15) is 0 Å². The third kappa shape index (κ3) is 4.52. The molecule has 1 atom stereocenters. The third-order valence-corrected chi connectivity index (χ3v) is 5.23. The van der Waals surface area contributed by atoms with Crippen LogP contribution in [-0.2, 0) is 4.79 Å². The number of hydrogen-bond acceptors (Lipinski definition) is 3. The van der Waals surface area contributed by atoms with Gasteiger partial charge >= 0.3 is 0 Å². The molecule has 0 fully saturated rings. The van der Waals surface area contributed by atoms with Gasteiger partial charge in [-0.05, 0) is 34.6 Å². The Morgan fingerprint density at radius 3 is 2.38 bits per heavy atom. The maximum atomic E-state index is 12.6. The van der Waals surface area contributed by atoms with Crippen LogP contribution in [0, 0.1) is 0 Å². The first kappa shape index (κ1) is 18.2. The number of thiophene rings is 1. The van der Waals surface area contributed by atoms with E-state index in [0.29, 0.717) is 5.92 Å². The Morgan fingerprint density at radius 1 is 0.962 bits per heavy atom. The highest BCUT2D eigenvalue weighted by molar-refractivity contribution is 7.10. The van der Waals surface area contributed by atoms with E-state index in [4.69, 9.17) is 0 Å². The Balaban J connectivity index is 1.70. The van der Waals surface area contributed by atoms with Crippen LogP contribution in [0.15, 0.2) is 72.1 Å². The van der Waals surface area contributed by atoms with Gasteiger partial charge in [0.05, 0.1) is 12.6 Å². The van der Waals surface area contributed by atoms with E-state index in [2.05, 4.69) is 36.6 Å². The zero-order chi connectivity index (χ0) is 18.4. The number of benzene rings is 2. The first-order valence-corrected chi connectivity index (χ1v) is 9.73. The molecular formula is C22H24N2OS. The molecule has 2 aromatic carbocycles. The van der Waals surface area contributed by atoms with Gasteiger partial charge in [-0.15, -0.1) is 11.3 Å². The maximum Gasteiger partial charge on any atom is 0.240 e. The minimum atomic E-state index is -0.120. The molecule has 4 heteroatoms. The van der Waals surface area contributed by atoms with E-state index < -0.39 is 0 Å². The Hall–Kier alpha value is -2.59. The molecule has 1 heterocycles. The molecule has 0 aliphatic heterocycles. The Labute approximate surface area is 159 Å². The molecule has 134 valence electrons. The van der Waals surface area contributed by atoms with Crippen LogP contribution in [0.3, 0.4) is 0 Å². The highest BCUT2D eigenvalue weighted by Gasteiger charge is 2.17. The maximum absolute atomic E-state index is 12.6. The molecule has 0 saturated heterocycles. The van der Waals surface area contributed by atoms with Crippen molar-refractivity contribution in [1.82, 2.24) is 5.32 Å². The van der Waals surface area contributed by atoms with Gasteiger partial charge in [0, 0.05) is 10.6 Å². The topological polar surface area (TPSA) is 41.1 Å². The lowest BCUT2D eigenvalue weighted by molar-refractivity contribution is -0.119. The van der Waals surface area contributed by atoms with Crippen LogP contribution in [0.2, 0.25) is 0 Å². The third-order valence-electron chi connectivity index (χ3n) is 4.29. The average Bonchev–Trinajstić information content (AvgIpc) is 3.19. The first-order chi connectivity index (χ1) is 12.6. The predicted molar refractivity (Wildman–Crippen MR) is 110 cm³/mol. The van der Waals surface area contributed by atoms with Crippen molar-refractivity contribution in [2.75, 3.05) is 11.9 Å². The van der Waals surface area contributed by atoms with Crippen molar-refractivity contribution >= 4 is 22.9 Å². The summed E-state index contributed by atoms with van der Waals surface area (Å²) in [7, 11) is 0. The van der Waals surface area contributed by atoms with Crippen molar-refractivity contribution < 1.29 is 4.79 Å². The molecule has 0 saturated carbocycles. The van der Waals surface area contributed by atoms with E-state index in [9.17, 15) is 4.79 Å². The molecule has 0 spiro atoms. The summed E-state index contributed by atoms with van der Waals surface area (Å²) in [5.74, 6) is 0.385. The fraction of sp³-hybridized carbons (Fsp3) is 0.227. The van der Waals surface area contributed by atoms with E-state index in [1.165, 1.54) is 5.56 Å². The van der Waals surface area contributed by atoms with E-state index in [0.717, 1.165) is 16.1 Å². The monoisotopic (exact) mass is 364 g/mol. The molecule has 3 aromatic rings.